The SMILES string of the molecule is N#C/C(=N\Nc1cccc(OCCc2ccccn2)c1)C(=N)N. The minimum absolute atomic E-state index is 0.175. The Bertz CT molecular complexity index is 736. The van der Waals surface area contributed by atoms with Crippen molar-refractivity contribution in [3.05, 3.63) is 54.4 Å². The van der Waals surface area contributed by atoms with Gasteiger partial charge in [0.25, 0.3) is 0 Å². The molecule has 0 unspecified atom stereocenters. The van der Waals surface area contributed by atoms with Crippen LogP contribution in [0.25, 0.3) is 0 Å². The van der Waals surface area contributed by atoms with E-state index in [9.17, 15) is 0 Å². The van der Waals surface area contributed by atoms with Crippen LogP contribution in [0.5, 0.6) is 5.75 Å². The monoisotopic (exact) mass is 308 g/mol. The minimum Gasteiger partial charge on any atom is -0.493 e. The Morgan fingerprint density at radius 3 is 2.91 bits per heavy atom. The number of hydrazone groups is 1. The number of aromatic nitrogens is 1. The lowest BCUT2D eigenvalue weighted by molar-refractivity contribution is 0.320. The molecule has 1 heterocycles. The number of hydrogen-bond acceptors (Lipinski definition) is 6. The third-order valence-corrected chi connectivity index (χ3v) is 2.84. The van der Waals surface area contributed by atoms with E-state index in [0.29, 0.717) is 24.5 Å². The molecule has 116 valence electrons. The molecule has 2 rings (SSSR count). The van der Waals surface area contributed by atoms with Crippen LogP contribution in [0.15, 0.2) is 53.8 Å². The van der Waals surface area contributed by atoms with Gasteiger partial charge in [-0.3, -0.25) is 15.8 Å². The first-order chi connectivity index (χ1) is 11.2. The number of nitrogens with zero attached hydrogens (tertiary/aromatic N) is 3. The summed E-state index contributed by atoms with van der Waals surface area (Å²) in [4.78, 5) is 4.23. The smallest absolute Gasteiger partial charge is 0.201 e. The van der Waals surface area contributed by atoms with Crippen molar-refractivity contribution in [2.75, 3.05) is 12.0 Å². The van der Waals surface area contributed by atoms with Crippen molar-refractivity contribution in [2.45, 2.75) is 6.42 Å². The zero-order valence-corrected chi connectivity index (χ0v) is 12.4. The van der Waals surface area contributed by atoms with Gasteiger partial charge in [0.1, 0.15) is 11.8 Å². The summed E-state index contributed by atoms with van der Waals surface area (Å²) in [7, 11) is 0. The lowest BCUT2D eigenvalue weighted by atomic mass is 10.3. The van der Waals surface area contributed by atoms with Crippen LogP contribution in [-0.2, 0) is 6.42 Å². The second-order valence-corrected chi connectivity index (χ2v) is 4.55. The van der Waals surface area contributed by atoms with Gasteiger partial charge in [0.05, 0.1) is 12.3 Å². The summed E-state index contributed by atoms with van der Waals surface area (Å²) in [5, 5.41) is 19.7. The van der Waals surface area contributed by atoms with Crippen molar-refractivity contribution < 1.29 is 4.74 Å². The molecule has 0 aliphatic rings. The van der Waals surface area contributed by atoms with E-state index in [1.807, 2.05) is 24.3 Å². The van der Waals surface area contributed by atoms with Crippen LogP contribution in [0, 0.1) is 16.7 Å². The van der Waals surface area contributed by atoms with Crippen molar-refractivity contribution in [3.63, 3.8) is 0 Å². The fourth-order valence-corrected chi connectivity index (χ4v) is 1.74. The Hall–Kier alpha value is -3.40. The highest BCUT2D eigenvalue weighted by Gasteiger charge is 2.02. The van der Waals surface area contributed by atoms with E-state index in [1.54, 1.807) is 30.5 Å². The summed E-state index contributed by atoms with van der Waals surface area (Å²) in [6, 6.07) is 14.6. The molecule has 0 atom stereocenters. The van der Waals surface area contributed by atoms with Crippen LogP contribution < -0.4 is 15.9 Å². The van der Waals surface area contributed by atoms with Gasteiger partial charge in [-0.2, -0.15) is 10.4 Å². The van der Waals surface area contributed by atoms with Crippen LogP contribution in [0.3, 0.4) is 0 Å². The van der Waals surface area contributed by atoms with Gasteiger partial charge in [-0.05, 0) is 24.3 Å². The molecule has 1 aromatic carbocycles. The topological polar surface area (TPSA) is 120 Å². The van der Waals surface area contributed by atoms with E-state index in [-0.39, 0.29) is 11.5 Å². The van der Waals surface area contributed by atoms with Crippen molar-refractivity contribution >= 4 is 17.2 Å². The van der Waals surface area contributed by atoms with Crippen LogP contribution in [0.4, 0.5) is 5.69 Å². The van der Waals surface area contributed by atoms with Gasteiger partial charge in [0.2, 0.25) is 5.71 Å². The molecule has 0 amide bonds. The van der Waals surface area contributed by atoms with Crippen LogP contribution in [0.1, 0.15) is 5.69 Å². The summed E-state index contributed by atoms with van der Waals surface area (Å²) in [5.74, 6) is 0.283. The normalized spacial score (nSPS) is 10.7. The summed E-state index contributed by atoms with van der Waals surface area (Å²) in [5.41, 5.74) is 9.32. The largest absolute Gasteiger partial charge is 0.493 e. The highest BCUT2D eigenvalue weighted by atomic mass is 16.5. The molecule has 0 bridgehead atoms. The van der Waals surface area contributed by atoms with Gasteiger partial charge in [-0.1, -0.05) is 12.1 Å². The zero-order valence-electron chi connectivity index (χ0n) is 12.4. The number of benzene rings is 1. The standard InChI is InChI=1S/C16H16N6O/c17-11-15(16(18)19)22-21-13-5-3-6-14(10-13)23-9-7-12-4-1-2-8-20-12/h1-6,8,10,21H,7,9H2,(H3,18,19)/b22-15+. The van der Waals surface area contributed by atoms with E-state index in [2.05, 4.69) is 15.5 Å². The number of nitriles is 1. The molecule has 0 aliphatic carbocycles. The molecule has 0 fully saturated rings. The molecule has 23 heavy (non-hydrogen) atoms. The minimum atomic E-state index is -0.386. The number of ether oxygens (including phenoxy) is 1. The first-order valence-corrected chi connectivity index (χ1v) is 6.90. The Labute approximate surface area is 133 Å². The highest BCUT2D eigenvalue weighted by molar-refractivity contribution is 6.45. The maximum absolute atomic E-state index is 8.78. The van der Waals surface area contributed by atoms with Gasteiger partial charge in [0.15, 0.2) is 5.84 Å². The van der Waals surface area contributed by atoms with Gasteiger partial charge in [-0.25, -0.2) is 0 Å². The third-order valence-electron chi connectivity index (χ3n) is 2.84. The quantitative estimate of drug-likeness (QED) is 0.410. The van der Waals surface area contributed by atoms with Crippen LogP contribution >= 0.6 is 0 Å². The van der Waals surface area contributed by atoms with E-state index in [1.165, 1.54) is 0 Å². The molecule has 0 saturated heterocycles. The number of anilines is 1. The van der Waals surface area contributed by atoms with Gasteiger partial charge in [0, 0.05) is 24.4 Å². The second kappa shape index (κ2) is 8.14. The fourth-order valence-electron chi connectivity index (χ4n) is 1.74. The van der Waals surface area contributed by atoms with Crippen LogP contribution in [-0.4, -0.2) is 23.1 Å². The first-order valence-electron chi connectivity index (χ1n) is 6.90. The molecule has 7 heteroatoms. The van der Waals surface area contributed by atoms with Gasteiger partial charge >= 0.3 is 0 Å². The Morgan fingerprint density at radius 1 is 1.35 bits per heavy atom. The third kappa shape index (κ3) is 5.13. The second-order valence-electron chi connectivity index (χ2n) is 4.55. The van der Waals surface area contributed by atoms with Gasteiger partial charge in [-0.15, -0.1) is 0 Å². The number of rotatable bonds is 7. The average molecular weight is 308 g/mol. The summed E-state index contributed by atoms with van der Waals surface area (Å²) < 4.78 is 5.67. The zero-order chi connectivity index (χ0) is 16.5. The molecule has 0 spiro atoms. The number of amidine groups is 1. The lowest BCUT2D eigenvalue weighted by Gasteiger charge is -2.08. The van der Waals surface area contributed by atoms with Gasteiger partial charge < -0.3 is 10.5 Å². The first kappa shape index (κ1) is 16.0. The number of nitrogens with one attached hydrogen (secondary N) is 2. The van der Waals surface area contributed by atoms with Crippen molar-refractivity contribution in [3.8, 4) is 11.8 Å². The molecular weight excluding hydrogens is 292 g/mol. The molecule has 0 aliphatic heterocycles. The maximum Gasteiger partial charge on any atom is 0.201 e. The summed E-state index contributed by atoms with van der Waals surface area (Å²) in [6.45, 7) is 0.501. The maximum atomic E-state index is 8.78. The number of hydrogen-bond donors (Lipinski definition) is 3. The molecule has 4 N–H and O–H groups in total. The molecule has 7 nitrogen and oxygen atoms in total. The Balaban J connectivity index is 1.92. The van der Waals surface area contributed by atoms with E-state index in [4.69, 9.17) is 21.1 Å². The Morgan fingerprint density at radius 2 is 2.22 bits per heavy atom. The highest BCUT2D eigenvalue weighted by Crippen LogP contribution is 2.17. The molecular formula is C16H16N6O. The van der Waals surface area contributed by atoms with Crippen LogP contribution in [0.2, 0.25) is 0 Å². The van der Waals surface area contributed by atoms with E-state index in [0.717, 1.165) is 5.69 Å². The summed E-state index contributed by atoms with van der Waals surface area (Å²) >= 11 is 0. The molecule has 0 radical (unpaired) electrons. The molecule has 1 aromatic heterocycles. The predicted octanol–water partition coefficient (Wildman–Crippen LogP) is 1.93. The lowest BCUT2D eigenvalue weighted by Crippen LogP contribution is -2.21. The number of nitrogens with two attached hydrogens (primary N) is 1. The number of pyridine rings is 1. The predicted molar refractivity (Wildman–Crippen MR) is 88.5 cm³/mol. The summed E-state index contributed by atoms with van der Waals surface area (Å²) in [6.07, 6.45) is 2.46. The average Bonchev–Trinajstić information content (AvgIpc) is 2.56. The van der Waals surface area contributed by atoms with Crippen molar-refractivity contribution in [2.24, 2.45) is 10.8 Å². The van der Waals surface area contributed by atoms with Crippen molar-refractivity contribution in [1.29, 1.82) is 10.7 Å². The Kier molecular flexibility index (Phi) is 5.66. The molecule has 0 saturated carbocycles. The van der Waals surface area contributed by atoms with E-state index >= 15 is 0 Å². The van der Waals surface area contributed by atoms with Crippen molar-refractivity contribution in [1.82, 2.24) is 4.98 Å². The molecule has 2 aromatic rings. The fraction of sp³-hybridized carbons (Fsp3) is 0.125. The van der Waals surface area contributed by atoms with E-state index < -0.39 is 0 Å².